The Morgan fingerprint density at radius 2 is 1.92 bits per heavy atom. The van der Waals surface area contributed by atoms with Crippen molar-refractivity contribution in [2.75, 3.05) is 19.6 Å². The van der Waals surface area contributed by atoms with Gasteiger partial charge in [-0.2, -0.15) is 0 Å². The van der Waals surface area contributed by atoms with Crippen LogP contribution in [0.4, 0.5) is 0 Å². The Kier molecular flexibility index (Phi) is 7.86. The zero-order valence-electron chi connectivity index (χ0n) is 15.4. The molecule has 2 unspecified atom stereocenters. The molecule has 2 atom stereocenters. The number of carbonyl (C=O) groups is 4. The summed E-state index contributed by atoms with van der Waals surface area (Å²) in [6, 6.07) is -0.909. The van der Waals surface area contributed by atoms with Gasteiger partial charge in [0, 0.05) is 39.0 Å². The third-order valence-electron chi connectivity index (χ3n) is 4.73. The molecule has 0 aliphatic carbocycles. The first-order valence-corrected chi connectivity index (χ1v) is 8.80. The molecule has 25 heavy (non-hydrogen) atoms. The van der Waals surface area contributed by atoms with Gasteiger partial charge in [-0.1, -0.05) is 13.8 Å². The Bertz CT molecular complexity index is 518. The SMILES string of the molecule is CCC(CC)N1CC(C(=O)N(CCNC(C)=O)C(C)C(=O)O)CC1=O. The number of rotatable bonds is 9. The van der Waals surface area contributed by atoms with Crippen molar-refractivity contribution in [3.05, 3.63) is 0 Å². The van der Waals surface area contributed by atoms with E-state index in [4.69, 9.17) is 0 Å². The van der Waals surface area contributed by atoms with E-state index in [0.717, 1.165) is 12.8 Å². The molecule has 8 nitrogen and oxygen atoms in total. The van der Waals surface area contributed by atoms with Crippen molar-refractivity contribution in [1.29, 1.82) is 0 Å². The van der Waals surface area contributed by atoms with Crippen LogP contribution in [0.3, 0.4) is 0 Å². The van der Waals surface area contributed by atoms with E-state index in [-0.39, 0.29) is 43.3 Å². The molecule has 1 aliphatic heterocycles. The van der Waals surface area contributed by atoms with Crippen LogP contribution in [0.1, 0.15) is 47.0 Å². The Hall–Kier alpha value is -2.12. The number of likely N-dealkylation sites (tertiary alicyclic amines) is 1. The van der Waals surface area contributed by atoms with E-state index in [0.29, 0.717) is 6.54 Å². The Balaban J connectivity index is 2.84. The van der Waals surface area contributed by atoms with Gasteiger partial charge in [0.15, 0.2) is 0 Å². The predicted octanol–water partition coefficient (Wildman–Crippen LogP) is 0.461. The highest BCUT2D eigenvalue weighted by molar-refractivity contribution is 5.91. The van der Waals surface area contributed by atoms with Crippen LogP contribution in [0, 0.1) is 5.92 Å². The maximum atomic E-state index is 12.8. The van der Waals surface area contributed by atoms with Gasteiger partial charge in [0.1, 0.15) is 6.04 Å². The highest BCUT2D eigenvalue weighted by Gasteiger charge is 2.40. The molecule has 1 heterocycles. The Morgan fingerprint density at radius 3 is 2.40 bits per heavy atom. The minimum atomic E-state index is -1.11. The second kappa shape index (κ2) is 9.39. The lowest BCUT2D eigenvalue weighted by Gasteiger charge is -2.30. The average molecular weight is 355 g/mol. The maximum Gasteiger partial charge on any atom is 0.326 e. The lowest BCUT2D eigenvalue weighted by atomic mass is 10.1. The van der Waals surface area contributed by atoms with Gasteiger partial charge in [0.25, 0.3) is 0 Å². The average Bonchev–Trinajstić information content (AvgIpc) is 2.93. The van der Waals surface area contributed by atoms with Gasteiger partial charge in [0.2, 0.25) is 17.7 Å². The molecule has 0 radical (unpaired) electrons. The smallest absolute Gasteiger partial charge is 0.326 e. The number of amides is 3. The van der Waals surface area contributed by atoms with Gasteiger partial charge in [-0.05, 0) is 19.8 Å². The zero-order chi connectivity index (χ0) is 19.1. The highest BCUT2D eigenvalue weighted by Crippen LogP contribution is 2.25. The molecule has 0 spiro atoms. The number of hydrogen-bond acceptors (Lipinski definition) is 4. The van der Waals surface area contributed by atoms with Gasteiger partial charge < -0.3 is 20.2 Å². The molecule has 1 saturated heterocycles. The molecule has 2 N–H and O–H groups in total. The zero-order valence-corrected chi connectivity index (χ0v) is 15.4. The fraction of sp³-hybridized carbons (Fsp3) is 0.765. The maximum absolute atomic E-state index is 12.8. The first kappa shape index (κ1) is 20.9. The van der Waals surface area contributed by atoms with Crippen LogP contribution in [-0.4, -0.2) is 70.3 Å². The van der Waals surface area contributed by atoms with Crippen LogP contribution in [0.2, 0.25) is 0 Å². The van der Waals surface area contributed by atoms with Gasteiger partial charge in [0.05, 0.1) is 5.92 Å². The lowest BCUT2D eigenvalue weighted by Crippen LogP contribution is -2.49. The number of hydrogen-bond donors (Lipinski definition) is 2. The summed E-state index contributed by atoms with van der Waals surface area (Å²) in [7, 11) is 0. The number of aliphatic carboxylic acids is 1. The van der Waals surface area contributed by atoms with E-state index in [1.54, 1.807) is 4.90 Å². The minimum Gasteiger partial charge on any atom is -0.480 e. The van der Waals surface area contributed by atoms with Crippen molar-refractivity contribution in [2.45, 2.75) is 59.0 Å². The second-order valence-electron chi connectivity index (χ2n) is 6.45. The Labute approximate surface area is 148 Å². The topological polar surface area (TPSA) is 107 Å². The number of nitrogens with zero attached hydrogens (tertiary/aromatic N) is 2. The van der Waals surface area contributed by atoms with Crippen LogP contribution >= 0.6 is 0 Å². The number of carboxylic acids is 1. The summed E-state index contributed by atoms with van der Waals surface area (Å²) < 4.78 is 0. The van der Waals surface area contributed by atoms with Gasteiger partial charge >= 0.3 is 5.97 Å². The van der Waals surface area contributed by atoms with Crippen molar-refractivity contribution in [1.82, 2.24) is 15.1 Å². The van der Waals surface area contributed by atoms with Crippen molar-refractivity contribution in [3.63, 3.8) is 0 Å². The van der Waals surface area contributed by atoms with E-state index in [9.17, 15) is 24.3 Å². The van der Waals surface area contributed by atoms with Crippen LogP contribution < -0.4 is 5.32 Å². The van der Waals surface area contributed by atoms with Crippen LogP contribution in [0.25, 0.3) is 0 Å². The summed E-state index contributed by atoms with van der Waals surface area (Å²) in [6.45, 7) is 7.40. The molecular weight excluding hydrogens is 326 g/mol. The summed E-state index contributed by atoms with van der Waals surface area (Å²) in [5.74, 6) is -2.30. The van der Waals surface area contributed by atoms with Crippen LogP contribution in [-0.2, 0) is 19.2 Å². The molecule has 0 aromatic rings. The molecule has 1 fully saturated rings. The van der Waals surface area contributed by atoms with Crippen LogP contribution in [0.5, 0.6) is 0 Å². The molecule has 1 rings (SSSR count). The molecule has 142 valence electrons. The number of carbonyl (C=O) groups excluding carboxylic acids is 3. The quantitative estimate of drug-likeness (QED) is 0.625. The molecule has 0 saturated carbocycles. The van der Waals surface area contributed by atoms with Gasteiger partial charge in [-0.25, -0.2) is 4.79 Å². The molecule has 1 aliphatic rings. The third kappa shape index (κ3) is 5.44. The lowest BCUT2D eigenvalue weighted by molar-refractivity contribution is -0.151. The van der Waals surface area contributed by atoms with Gasteiger partial charge in [-0.3, -0.25) is 14.4 Å². The molecule has 0 aromatic heterocycles. The molecule has 3 amide bonds. The van der Waals surface area contributed by atoms with E-state index >= 15 is 0 Å². The van der Waals surface area contributed by atoms with E-state index in [1.165, 1.54) is 18.7 Å². The van der Waals surface area contributed by atoms with Crippen LogP contribution in [0.15, 0.2) is 0 Å². The van der Waals surface area contributed by atoms with Crippen molar-refractivity contribution in [2.24, 2.45) is 5.92 Å². The van der Waals surface area contributed by atoms with E-state index in [2.05, 4.69) is 5.32 Å². The fourth-order valence-electron chi connectivity index (χ4n) is 3.19. The minimum absolute atomic E-state index is 0.0585. The number of nitrogens with one attached hydrogen (secondary N) is 1. The van der Waals surface area contributed by atoms with E-state index < -0.39 is 17.9 Å². The first-order valence-electron chi connectivity index (χ1n) is 8.80. The third-order valence-corrected chi connectivity index (χ3v) is 4.73. The monoisotopic (exact) mass is 355 g/mol. The van der Waals surface area contributed by atoms with E-state index in [1.807, 2.05) is 13.8 Å². The standard InChI is InChI=1S/C17H29N3O5/c1-5-14(6-2)20-10-13(9-15(20)22)16(23)19(11(3)17(24)25)8-7-18-12(4)21/h11,13-14H,5-10H2,1-4H3,(H,18,21)(H,24,25). The summed E-state index contributed by atoms with van der Waals surface area (Å²) in [4.78, 5) is 50.4. The predicted molar refractivity (Wildman–Crippen MR) is 91.7 cm³/mol. The Morgan fingerprint density at radius 1 is 1.32 bits per heavy atom. The number of carboxylic acid groups (broad SMARTS) is 1. The van der Waals surface area contributed by atoms with Crippen molar-refractivity contribution < 1.29 is 24.3 Å². The van der Waals surface area contributed by atoms with Crippen molar-refractivity contribution >= 4 is 23.7 Å². The van der Waals surface area contributed by atoms with Gasteiger partial charge in [-0.15, -0.1) is 0 Å². The largest absolute Gasteiger partial charge is 0.480 e. The first-order chi connectivity index (χ1) is 11.7. The molecule has 0 aromatic carbocycles. The molecule has 0 bridgehead atoms. The summed E-state index contributed by atoms with van der Waals surface area (Å²) >= 11 is 0. The normalized spacial score (nSPS) is 18.4. The summed E-state index contributed by atoms with van der Waals surface area (Å²) in [6.07, 6.45) is 1.75. The fourth-order valence-corrected chi connectivity index (χ4v) is 3.19. The second-order valence-corrected chi connectivity index (χ2v) is 6.45. The molecule has 8 heteroatoms. The molecular formula is C17H29N3O5. The highest BCUT2D eigenvalue weighted by atomic mass is 16.4. The summed E-state index contributed by atoms with van der Waals surface area (Å²) in [5, 5.41) is 11.8. The summed E-state index contributed by atoms with van der Waals surface area (Å²) in [5.41, 5.74) is 0. The van der Waals surface area contributed by atoms with Crippen molar-refractivity contribution in [3.8, 4) is 0 Å².